The first kappa shape index (κ1) is 17.9. The summed E-state index contributed by atoms with van der Waals surface area (Å²) in [5.41, 5.74) is 1.05. The van der Waals surface area contributed by atoms with Gasteiger partial charge in [0.2, 0.25) is 0 Å². The number of carbonyl (C=O) groups is 1. The highest BCUT2D eigenvalue weighted by Gasteiger charge is 2.22. The third-order valence-corrected chi connectivity index (χ3v) is 3.87. The summed E-state index contributed by atoms with van der Waals surface area (Å²) in [5, 5.41) is 4.78. The molecule has 6 nitrogen and oxygen atoms in total. The van der Waals surface area contributed by atoms with Gasteiger partial charge in [-0.2, -0.15) is 9.67 Å². The molecule has 26 heavy (non-hydrogen) atoms. The van der Waals surface area contributed by atoms with E-state index in [2.05, 4.69) is 10.1 Å². The van der Waals surface area contributed by atoms with Gasteiger partial charge in [0.05, 0.1) is 19.3 Å². The fourth-order valence-corrected chi connectivity index (χ4v) is 2.63. The lowest BCUT2D eigenvalue weighted by Gasteiger charge is -2.08. The van der Waals surface area contributed by atoms with Crippen LogP contribution in [0.5, 0.6) is 11.8 Å². The quantitative estimate of drug-likeness (QED) is 0.653. The van der Waals surface area contributed by atoms with E-state index >= 15 is 0 Å². The third-order valence-electron chi connectivity index (χ3n) is 3.64. The van der Waals surface area contributed by atoms with Gasteiger partial charge in [-0.15, -0.1) is 5.10 Å². The van der Waals surface area contributed by atoms with Gasteiger partial charge >= 0.3 is 6.01 Å². The first-order valence-electron chi connectivity index (χ1n) is 8.17. The molecule has 0 unspecified atom stereocenters. The summed E-state index contributed by atoms with van der Waals surface area (Å²) in [6, 6.07) is 14.2. The van der Waals surface area contributed by atoms with Gasteiger partial charge in [0.25, 0.3) is 5.91 Å². The van der Waals surface area contributed by atoms with E-state index in [1.807, 2.05) is 13.0 Å². The molecule has 3 rings (SSSR count). The molecular weight excluding hydrogens is 354 g/mol. The van der Waals surface area contributed by atoms with Crippen LogP contribution in [0.15, 0.2) is 48.5 Å². The Labute approximate surface area is 156 Å². The maximum absolute atomic E-state index is 13.1. The zero-order valence-corrected chi connectivity index (χ0v) is 15.2. The van der Waals surface area contributed by atoms with Gasteiger partial charge < -0.3 is 9.47 Å². The predicted molar refractivity (Wildman–Crippen MR) is 99.0 cm³/mol. The molecule has 7 heteroatoms. The van der Waals surface area contributed by atoms with Crippen LogP contribution in [0.4, 0.5) is 0 Å². The molecule has 0 bridgehead atoms. The first-order chi connectivity index (χ1) is 12.6. The number of ether oxygens (including phenoxy) is 2. The predicted octanol–water partition coefficient (Wildman–Crippen LogP) is 4.08. The van der Waals surface area contributed by atoms with Crippen LogP contribution < -0.4 is 9.47 Å². The van der Waals surface area contributed by atoms with Gasteiger partial charge in [-0.1, -0.05) is 42.8 Å². The lowest BCUT2D eigenvalue weighted by Crippen LogP contribution is -2.16. The fourth-order valence-electron chi connectivity index (χ4n) is 2.44. The highest BCUT2D eigenvalue weighted by atomic mass is 35.5. The molecule has 1 aromatic heterocycles. The summed E-state index contributed by atoms with van der Waals surface area (Å²) >= 11 is 6.09. The minimum Gasteiger partial charge on any atom is -0.496 e. The number of benzene rings is 2. The molecule has 0 saturated carbocycles. The second kappa shape index (κ2) is 8.01. The largest absolute Gasteiger partial charge is 0.496 e. The second-order valence-electron chi connectivity index (χ2n) is 5.49. The van der Waals surface area contributed by atoms with Crippen molar-refractivity contribution in [3.8, 4) is 23.1 Å². The standard InChI is InChI=1S/C19H18ClN3O3/c1-3-11-26-19-21-17(13-7-6-8-14(20)12-13)23(22-19)18(24)15-9-4-5-10-16(15)25-2/h4-10,12H,3,11H2,1-2H3. The molecule has 0 N–H and O–H groups in total. The van der Waals surface area contributed by atoms with E-state index in [4.69, 9.17) is 21.1 Å². The van der Waals surface area contributed by atoms with Gasteiger partial charge in [-0.25, -0.2) is 0 Å². The van der Waals surface area contributed by atoms with Crippen molar-refractivity contribution in [2.24, 2.45) is 0 Å². The minimum atomic E-state index is -0.365. The minimum absolute atomic E-state index is 0.144. The summed E-state index contributed by atoms with van der Waals surface area (Å²) in [6.45, 7) is 2.44. The van der Waals surface area contributed by atoms with Gasteiger partial charge in [-0.3, -0.25) is 4.79 Å². The zero-order chi connectivity index (χ0) is 18.5. The van der Waals surface area contributed by atoms with Crippen molar-refractivity contribution in [3.05, 3.63) is 59.1 Å². The Morgan fingerprint density at radius 3 is 2.73 bits per heavy atom. The van der Waals surface area contributed by atoms with Crippen LogP contribution in [0.3, 0.4) is 0 Å². The van der Waals surface area contributed by atoms with Crippen molar-refractivity contribution < 1.29 is 14.3 Å². The van der Waals surface area contributed by atoms with Crippen LogP contribution >= 0.6 is 11.6 Å². The summed E-state index contributed by atoms with van der Waals surface area (Å²) in [4.78, 5) is 17.5. The number of halogens is 1. The van der Waals surface area contributed by atoms with Crippen molar-refractivity contribution in [1.29, 1.82) is 0 Å². The Bertz CT molecular complexity index is 924. The second-order valence-corrected chi connectivity index (χ2v) is 5.93. The number of para-hydroxylation sites is 1. The average molecular weight is 372 g/mol. The van der Waals surface area contributed by atoms with Crippen LogP contribution in [0.1, 0.15) is 23.7 Å². The summed E-state index contributed by atoms with van der Waals surface area (Å²) in [7, 11) is 1.52. The highest BCUT2D eigenvalue weighted by Crippen LogP contribution is 2.26. The number of carbonyl (C=O) groups excluding carboxylic acids is 1. The molecule has 0 aliphatic heterocycles. The van der Waals surface area contributed by atoms with E-state index in [9.17, 15) is 4.79 Å². The zero-order valence-electron chi connectivity index (χ0n) is 14.5. The molecule has 134 valence electrons. The Morgan fingerprint density at radius 2 is 2.00 bits per heavy atom. The number of hydrogen-bond acceptors (Lipinski definition) is 5. The number of aromatic nitrogens is 3. The van der Waals surface area contributed by atoms with E-state index in [1.165, 1.54) is 11.8 Å². The van der Waals surface area contributed by atoms with Crippen LogP contribution in [-0.2, 0) is 0 Å². The molecule has 0 amide bonds. The normalized spacial score (nSPS) is 10.6. The average Bonchev–Trinajstić information content (AvgIpc) is 3.10. The molecule has 0 radical (unpaired) electrons. The topological polar surface area (TPSA) is 66.2 Å². The maximum atomic E-state index is 13.1. The smallest absolute Gasteiger partial charge is 0.336 e. The van der Waals surface area contributed by atoms with Crippen molar-refractivity contribution in [1.82, 2.24) is 14.8 Å². The Morgan fingerprint density at radius 1 is 1.19 bits per heavy atom. The van der Waals surface area contributed by atoms with E-state index in [1.54, 1.807) is 42.5 Å². The SMILES string of the molecule is CCCOc1nc(-c2cccc(Cl)c2)n(C(=O)c2ccccc2OC)n1. The number of methoxy groups -OCH3 is 1. The number of nitrogens with zero attached hydrogens (tertiary/aromatic N) is 3. The molecule has 0 aliphatic carbocycles. The van der Waals surface area contributed by atoms with E-state index < -0.39 is 0 Å². The van der Waals surface area contributed by atoms with Gasteiger partial charge in [-0.05, 0) is 30.7 Å². The molecular formula is C19H18ClN3O3. The monoisotopic (exact) mass is 371 g/mol. The van der Waals surface area contributed by atoms with Crippen LogP contribution in [0.2, 0.25) is 5.02 Å². The van der Waals surface area contributed by atoms with E-state index in [0.29, 0.717) is 34.3 Å². The van der Waals surface area contributed by atoms with Gasteiger partial charge in [0.1, 0.15) is 5.75 Å². The Hall–Kier alpha value is -2.86. The highest BCUT2D eigenvalue weighted by molar-refractivity contribution is 6.30. The van der Waals surface area contributed by atoms with E-state index in [-0.39, 0.29) is 11.9 Å². The molecule has 0 saturated heterocycles. The van der Waals surface area contributed by atoms with Crippen LogP contribution in [-0.4, -0.2) is 34.4 Å². The Balaban J connectivity index is 2.09. The van der Waals surface area contributed by atoms with E-state index in [0.717, 1.165) is 6.42 Å². The van der Waals surface area contributed by atoms with Crippen LogP contribution in [0.25, 0.3) is 11.4 Å². The lowest BCUT2D eigenvalue weighted by molar-refractivity contribution is 0.0941. The third kappa shape index (κ3) is 3.70. The van der Waals surface area contributed by atoms with Crippen molar-refractivity contribution in [2.45, 2.75) is 13.3 Å². The molecule has 1 heterocycles. The molecule has 0 spiro atoms. The molecule has 0 fully saturated rings. The van der Waals surface area contributed by atoms with Crippen LogP contribution in [0, 0.1) is 0 Å². The molecule has 0 atom stereocenters. The summed E-state index contributed by atoms with van der Waals surface area (Å²) in [6.07, 6.45) is 0.807. The van der Waals surface area contributed by atoms with Gasteiger partial charge in [0.15, 0.2) is 5.82 Å². The van der Waals surface area contributed by atoms with Crippen molar-refractivity contribution in [3.63, 3.8) is 0 Å². The van der Waals surface area contributed by atoms with Gasteiger partial charge in [0, 0.05) is 10.6 Å². The molecule has 2 aromatic carbocycles. The maximum Gasteiger partial charge on any atom is 0.336 e. The fraction of sp³-hybridized carbons (Fsp3) is 0.211. The first-order valence-corrected chi connectivity index (χ1v) is 8.55. The van der Waals surface area contributed by atoms with Crippen molar-refractivity contribution in [2.75, 3.05) is 13.7 Å². The summed E-state index contributed by atoms with van der Waals surface area (Å²) in [5.74, 6) is 0.451. The number of hydrogen-bond donors (Lipinski definition) is 0. The lowest BCUT2D eigenvalue weighted by atomic mass is 10.1. The van der Waals surface area contributed by atoms with Crippen molar-refractivity contribution >= 4 is 17.5 Å². The Kier molecular flexibility index (Phi) is 5.53. The molecule has 0 aliphatic rings. The molecule has 3 aromatic rings. The number of rotatable bonds is 6. The summed E-state index contributed by atoms with van der Waals surface area (Å²) < 4.78 is 12.0.